The fourth-order valence-electron chi connectivity index (χ4n) is 2.70. The highest BCUT2D eigenvalue weighted by Crippen LogP contribution is 2.40. The molecule has 0 aliphatic carbocycles. The quantitative estimate of drug-likeness (QED) is 0.378. The molecule has 0 aromatic rings. The summed E-state index contributed by atoms with van der Waals surface area (Å²) in [6.07, 6.45) is 1.46. The normalized spacial score (nSPS) is 32.7. The number of carboxylic acid groups (broad SMARTS) is 1. The maximum Gasteiger partial charge on any atom is 0.451 e. The summed E-state index contributed by atoms with van der Waals surface area (Å²) in [5.41, 5.74) is 5.25. The first-order chi connectivity index (χ1) is 7.91. The number of nitrogens with two attached hydrogens (primary N) is 1. The van der Waals surface area contributed by atoms with E-state index < -0.39 is 24.5 Å². The molecule has 0 aromatic carbocycles. The Labute approximate surface area is 101 Å². The van der Waals surface area contributed by atoms with Crippen molar-refractivity contribution in [1.82, 2.24) is 5.32 Å². The van der Waals surface area contributed by atoms with E-state index in [2.05, 4.69) is 5.32 Å². The molecule has 0 saturated carbocycles. The zero-order valence-corrected chi connectivity index (χ0v) is 10.1. The van der Waals surface area contributed by atoms with Gasteiger partial charge in [-0.05, 0) is 30.6 Å². The number of hydrogen-bond acceptors (Lipinski definition) is 5. The largest absolute Gasteiger partial charge is 0.480 e. The maximum absolute atomic E-state index is 11.2. The van der Waals surface area contributed by atoms with Gasteiger partial charge in [0.2, 0.25) is 0 Å². The van der Waals surface area contributed by atoms with Gasteiger partial charge in [0.15, 0.2) is 0 Å². The molecule has 0 unspecified atom stereocenters. The molecule has 0 spiro atoms. The van der Waals surface area contributed by atoms with Gasteiger partial charge >= 0.3 is 13.1 Å². The molecule has 1 heterocycles. The van der Waals surface area contributed by atoms with Gasteiger partial charge in [0, 0.05) is 6.54 Å². The summed E-state index contributed by atoms with van der Waals surface area (Å²) < 4.78 is 0. The molecule has 0 radical (unpaired) electrons. The number of aliphatic carboxylic acids is 1. The molecular formula is C10H21BN2O4. The lowest BCUT2D eigenvalue weighted by atomic mass is 9.69. The van der Waals surface area contributed by atoms with Crippen LogP contribution >= 0.6 is 0 Å². The summed E-state index contributed by atoms with van der Waals surface area (Å²) in [5, 5.41) is 29.8. The second kappa shape index (κ2) is 5.81. The van der Waals surface area contributed by atoms with Crippen LogP contribution in [0, 0.1) is 11.3 Å². The smallest absolute Gasteiger partial charge is 0.451 e. The molecular weight excluding hydrogens is 223 g/mol. The molecule has 17 heavy (non-hydrogen) atoms. The zero-order chi connectivity index (χ0) is 13.1. The molecule has 0 aromatic heterocycles. The van der Waals surface area contributed by atoms with Crippen LogP contribution in [-0.2, 0) is 4.79 Å². The van der Waals surface area contributed by atoms with E-state index in [1.54, 1.807) is 0 Å². The van der Waals surface area contributed by atoms with Crippen LogP contribution in [0.1, 0.15) is 19.8 Å². The first kappa shape index (κ1) is 14.4. The van der Waals surface area contributed by atoms with Gasteiger partial charge in [0.05, 0.1) is 0 Å². The molecule has 0 bridgehead atoms. The third kappa shape index (κ3) is 3.19. The van der Waals surface area contributed by atoms with Gasteiger partial charge in [-0.25, -0.2) is 0 Å². The Morgan fingerprint density at radius 1 is 1.59 bits per heavy atom. The molecule has 0 amide bonds. The van der Waals surface area contributed by atoms with Crippen molar-refractivity contribution in [3.05, 3.63) is 0 Å². The van der Waals surface area contributed by atoms with Crippen LogP contribution in [-0.4, -0.2) is 47.4 Å². The summed E-state index contributed by atoms with van der Waals surface area (Å²) in [4.78, 5) is 11.2. The minimum absolute atomic E-state index is 0.111. The van der Waals surface area contributed by atoms with Gasteiger partial charge in [-0.15, -0.1) is 0 Å². The predicted octanol–water partition coefficient (Wildman–Crippen LogP) is -1.12. The molecule has 6 nitrogen and oxygen atoms in total. The van der Waals surface area contributed by atoms with Crippen molar-refractivity contribution in [1.29, 1.82) is 0 Å². The van der Waals surface area contributed by atoms with Crippen molar-refractivity contribution in [2.24, 2.45) is 17.1 Å². The Bertz CT molecular complexity index is 277. The average molecular weight is 244 g/mol. The zero-order valence-electron chi connectivity index (χ0n) is 10.1. The fraction of sp³-hybridized carbons (Fsp3) is 0.900. The van der Waals surface area contributed by atoms with Crippen molar-refractivity contribution in [2.75, 3.05) is 13.1 Å². The molecule has 6 N–H and O–H groups in total. The highest BCUT2D eigenvalue weighted by Gasteiger charge is 2.48. The van der Waals surface area contributed by atoms with Crippen LogP contribution in [0.15, 0.2) is 0 Å². The molecule has 3 atom stereocenters. The standard InChI is InChI=1S/C10H21BN2O4/c1-10(3-2-4-11(16)17)7(5-12)6-13-8(10)9(14)15/h7-8,13,16-17H,2-6,12H2,1H3,(H,14,15)/t7-,8+,10+/m0/s1. The Balaban J connectivity index is 2.67. The first-order valence-electron chi connectivity index (χ1n) is 5.94. The minimum atomic E-state index is -1.33. The minimum Gasteiger partial charge on any atom is -0.480 e. The summed E-state index contributed by atoms with van der Waals surface area (Å²) >= 11 is 0. The van der Waals surface area contributed by atoms with Crippen LogP contribution in [0.5, 0.6) is 0 Å². The number of carboxylic acids is 1. The summed E-state index contributed by atoms with van der Waals surface area (Å²) in [7, 11) is -1.33. The van der Waals surface area contributed by atoms with Crippen LogP contribution in [0.25, 0.3) is 0 Å². The Hall–Kier alpha value is -0.625. The topological polar surface area (TPSA) is 116 Å². The van der Waals surface area contributed by atoms with Crippen LogP contribution in [0.3, 0.4) is 0 Å². The lowest BCUT2D eigenvalue weighted by Gasteiger charge is -2.33. The second-order valence-electron chi connectivity index (χ2n) is 4.99. The van der Waals surface area contributed by atoms with E-state index in [0.717, 1.165) is 0 Å². The Morgan fingerprint density at radius 3 is 2.71 bits per heavy atom. The van der Waals surface area contributed by atoms with Crippen molar-refractivity contribution in [3.8, 4) is 0 Å². The lowest BCUT2D eigenvalue weighted by molar-refractivity contribution is -0.142. The van der Waals surface area contributed by atoms with Crippen molar-refractivity contribution >= 4 is 13.1 Å². The molecule has 1 aliphatic rings. The molecule has 98 valence electrons. The monoisotopic (exact) mass is 244 g/mol. The van der Waals surface area contributed by atoms with Crippen molar-refractivity contribution < 1.29 is 19.9 Å². The predicted molar refractivity (Wildman–Crippen MR) is 64.3 cm³/mol. The Morgan fingerprint density at radius 2 is 2.24 bits per heavy atom. The Kier molecular flexibility index (Phi) is 4.94. The SMILES string of the molecule is C[C@@]1(CCCB(O)O)[C@@H](CN)CN[C@@H]1C(=O)O. The lowest BCUT2D eigenvalue weighted by Crippen LogP contribution is -2.44. The molecule has 1 fully saturated rings. The van der Waals surface area contributed by atoms with Gasteiger partial charge < -0.3 is 26.2 Å². The fourth-order valence-corrected chi connectivity index (χ4v) is 2.70. The van der Waals surface area contributed by atoms with Gasteiger partial charge in [-0.1, -0.05) is 13.3 Å². The highest BCUT2D eigenvalue weighted by atomic mass is 16.4. The third-order valence-electron chi connectivity index (χ3n) is 3.87. The van der Waals surface area contributed by atoms with Gasteiger partial charge in [-0.2, -0.15) is 0 Å². The highest BCUT2D eigenvalue weighted by molar-refractivity contribution is 6.40. The molecule has 7 heteroatoms. The number of rotatable bonds is 6. The van der Waals surface area contributed by atoms with E-state index in [1.165, 1.54) is 0 Å². The maximum atomic E-state index is 11.2. The summed E-state index contributed by atoms with van der Waals surface area (Å²) in [6, 6.07) is -0.605. The number of hydrogen-bond donors (Lipinski definition) is 5. The van der Waals surface area contributed by atoms with Crippen LogP contribution in [0.4, 0.5) is 0 Å². The third-order valence-corrected chi connectivity index (χ3v) is 3.87. The van der Waals surface area contributed by atoms with E-state index in [-0.39, 0.29) is 12.2 Å². The van der Waals surface area contributed by atoms with E-state index in [0.29, 0.717) is 25.9 Å². The van der Waals surface area contributed by atoms with E-state index in [9.17, 15) is 4.79 Å². The second-order valence-corrected chi connectivity index (χ2v) is 4.99. The summed E-state index contributed by atoms with van der Waals surface area (Å²) in [5.74, 6) is -0.757. The van der Waals surface area contributed by atoms with Gasteiger partial charge in [-0.3, -0.25) is 4.79 Å². The van der Waals surface area contributed by atoms with Gasteiger partial charge in [0.25, 0.3) is 0 Å². The van der Waals surface area contributed by atoms with Crippen LogP contribution < -0.4 is 11.1 Å². The number of carbonyl (C=O) groups is 1. The van der Waals surface area contributed by atoms with E-state index >= 15 is 0 Å². The molecule has 1 rings (SSSR count). The van der Waals surface area contributed by atoms with Crippen molar-refractivity contribution in [2.45, 2.75) is 32.1 Å². The van der Waals surface area contributed by atoms with Crippen molar-refractivity contribution in [3.63, 3.8) is 0 Å². The summed E-state index contributed by atoms with van der Waals surface area (Å²) in [6.45, 7) is 2.95. The average Bonchev–Trinajstić information content (AvgIpc) is 2.54. The first-order valence-corrected chi connectivity index (χ1v) is 5.94. The number of nitrogens with one attached hydrogen (secondary N) is 1. The van der Waals surface area contributed by atoms with Gasteiger partial charge in [0.1, 0.15) is 6.04 Å². The molecule has 1 aliphatic heterocycles. The van der Waals surface area contributed by atoms with E-state index in [1.807, 2.05) is 6.92 Å². The molecule has 1 saturated heterocycles. The van der Waals surface area contributed by atoms with E-state index in [4.69, 9.17) is 20.9 Å². The van der Waals surface area contributed by atoms with Crippen LogP contribution in [0.2, 0.25) is 6.32 Å².